The van der Waals surface area contributed by atoms with E-state index in [0.717, 1.165) is 24.0 Å². The van der Waals surface area contributed by atoms with Gasteiger partial charge in [0.05, 0.1) is 28.9 Å². The van der Waals surface area contributed by atoms with Gasteiger partial charge in [-0.15, -0.1) is 11.3 Å². The molecule has 2 aromatic heterocycles. The van der Waals surface area contributed by atoms with Gasteiger partial charge in [0.1, 0.15) is 5.75 Å². The van der Waals surface area contributed by atoms with E-state index in [9.17, 15) is 19.8 Å². The number of fused-ring (bicyclic) bond motifs is 3. The van der Waals surface area contributed by atoms with E-state index in [2.05, 4.69) is 5.32 Å². The number of aromatic nitrogens is 2. The summed E-state index contributed by atoms with van der Waals surface area (Å²) in [5.74, 6) is -2.33. The first-order valence-electron chi connectivity index (χ1n) is 11.2. The number of methoxy groups -OCH3 is 1. The quantitative estimate of drug-likeness (QED) is 0.365. The van der Waals surface area contributed by atoms with E-state index in [1.54, 1.807) is 24.1 Å². The van der Waals surface area contributed by atoms with E-state index in [-0.39, 0.29) is 17.0 Å². The van der Waals surface area contributed by atoms with E-state index in [1.807, 2.05) is 42.9 Å². The van der Waals surface area contributed by atoms with Gasteiger partial charge in [-0.25, -0.2) is 4.98 Å². The van der Waals surface area contributed by atoms with Gasteiger partial charge in [-0.05, 0) is 62.8 Å². The molecule has 3 aromatic rings. The Morgan fingerprint density at radius 2 is 1.97 bits per heavy atom. The lowest BCUT2D eigenvalue weighted by atomic mass is 9.96. The molecule has 0 saturated carbocycles. The number of hydrogen-bond donors (Lipinski definition) is 3. The zero-order chi connectivity index (χ0) is 25.7. The molecule has 0 spiro atoms. The predicted octanol–water partition coefficient (Wildman–Crippen LogP) is 1.54. The highest BCUT2D eigenvalue weighted by Gasteiger charge is 2.34. The first kappa shape index (κ1) is 25.0. The molecule has 0 aliphatic carbocycles. The minimum absolute atomic E-state index is 0.138. The number of aryl methyl sites for hydroxylation is 1. The maximum atomic E-state index is 13.5. The third-order valence-electron chi connectivity index (χ3n) is 6.10. The molecule has 0 radical (unpaired) electrons. The largest absolute Gasteiger partial charge is 0.496 e. The number of benzene rings is 1. The summed E-state index contributed by atoms with van der Waals surface area (Å²) in [6, 6.07) is 7.29. The first-order chi connectivity index (χ1) is 16.3. The predicted molar refractivity (Wildman–Crippen MR) is 136 cm³/mol. The van der Waals surface area contributed by atoms with Crippen molar-refractivity contribution in [2.45, 2.75) is 45.0 Å². The van der Waals surface area contributed by atoms with Crippen molar-refractivity contribution < 1.29 is 24.5 Å². The van der Waals surface area contributed by atoms with Crippen molar-refractivity contribution in [2.24, 2.45) is 0 Å². The van der Waals surface area contributed by atoms with Crippen molar-refractivity contribution in [1.82, 2.24) is 19.8 Å². The summed E-state index contributed by atoms with van der Waals surface area (Å²) in [5.41, 5.74) is 2.54. The highest BCUT2D eigenvalue weighted by atomic mass is 32.1. The molecule has 9 nitrogen and oxygen atoms in total. The number of aliphatic hydroxyl groups is 2. The van der Waals surface area contributed by atoms with Gasteiger partial charge in [0.25, 0.3) is 11.8 Å². The summed E-state index contributed by atoms with van der Waals surface area (Å²) in [6.07, 6.45) is 1.21. The third kappa shape index (κ3) is 4.71. The Kier molecular flexibility index (Phi) is 6.29. The van der Waals surface area contributed by atoms with Gasteiger partial charge in [-0.2, -0.15) is 0 Å². The summed E-state index contributed by atoms with van der Waals surface area (Å²) in [6.45, 7) is 5.91. The van der Waals surface area contributed by atoms with Gasteiger partial charge in [0, 0.05) is 12.6 Å². The molecule has 1 aliphatic rings. The van der Waals surface area contributed by atoms with Crippen LogP contribution in [0.15, 0.2) is 29.6 Å². The number of hydrogen-bond acceptors (Lipinski definition) is 7. The van der Waals surface area contributed by atoms with Crippen LogP contribution in [0.4, 0.5) is 0 Å². The van der Waals surface area contributed by atoms with Crippen LogP contribution < -0.4 is 10.1 Å². The molecule has 11 heteroatoms. The molecule has 0 bridgehead atoms. The molecular weight excluding hydrogens is 467 g/mol. The maximum absolute atomic E-state index is 13.5. The SMILES string of the molecule is BC(O)(O)NC(=O)c1cc2c(cc1OC)CCc1c(C(=O)N(C)C(C)(C)C)nc(-c3cccs3)n1-2. The first-order valence-corrected chi connectivity index (χ1v) is 12.1. The molecule has 1 aliphatic heterocycles. The second-order valence-corrected chi connectivity index (χ2v) is 10.7. The maximum Gasteiger partial charge on any atom is 0.274 e. The van der Waals surface area contributed by atoms with Crippen molar-refractivity contribution in [1.29, 1.82) is 0 Å². The van der Waals surface area contributed by atoms with Crippen LogP contribution in [0, 0.1) is 0 Å². The number of ether oxygens (including phenoxy) is 1. The molecule has 0 atom stereocenters. The van der Waals surface area contributed by atoms with E-state index >= 15 is 0 Å². The van der Waals surface area contributed by atoms with Crippen LogP contribution >= 0.6 is 11.3 Å². The molecule has 0 saturated heterocycles. The fourth-order valence-electron chi connectivity index (χ4n) is 4.05. The van der Waals surface area contributed by atoms with E-state index in [4.69, 9.17) is 9.72 Å². The topological polar surface area (TPSA) is 117 Å². The Hall–Kier alpha value is -3.15. The summed E-state index contributed by atoms with van der Waals surface area (Å²) < 4.78 is 7.37. The highest BCUT2D eigenvalue weighted by molar-refractivity contribution is 7.13. The number of rotatable bonds is 5. The van der Waals surface area contributed by atoms with Crippen LogP contribution in [-0.2, 0) is 12.8 Å². The van der Waals surface area contributed by atoms with E-state index < -0.39 is 11.7 Å². The fourth-order valence-corrected chi connectivity index (χ4v) is 4.75. The lowest BCUT2D eigenvalue weighted by Gasteiger charge is -2.32. The average molecular weight is 496 g/mol. The van der Waals surface area contributed by atoms with Crippen LogP contribution in [0.2, 0.25) is 0 Å². The van der Waals surface area contributed by atoms with Crippen LogP contribution in [0.1, 0.15) is 52.9 Å². The lowest BCUT2D eigenvalue weighted by Crippen LogP contribution is -2.48. The number of amides is 2. The minimum Gasteiger partial charge on any atom is -0.496 e. The molecule has 1 aromatic carbocycles. The van der Waals surface area contributed by atoms with Crippen LogP contribution in [0.5, 0.6) is 5.75 Å². The van der Waals surface area contributed by atoms with Crippen LogP contribution in [0.25, 0.3) is 16.4 Å². The number of imidazole rings is 1. The summed E-state index contributed by atoms with van der Waals surface area (Å²) in [5, 5.41) is 23.5. The Bertz CT molecular complexity index is 1290. The number of thiophene rings is 1. The minimum atomic E-state index is -2.39. The van der Waals surface area contributed by atoms with Gasteiger partial charge in [-0.1, -0.05) is 6.07 Å². The van der Waals surface area contributed by atoms with Crippen LogP contribution in [0.3, 0.4) is 0 Å². The molecule has 4 rings (SSSR count). The molecule has 3 N–H and O–H groups in total. The second-order valence-electron chi connectivity index (χ2n) is 9.73. The second kappa shape index (κ2) is 8.82. The summed E-state index contributed by atoms with van der Waals surface area (Å²) in [4.78, 5) is 33.8. The molecule has 184 valence electrons. The van der Waals surface area contributed by atoms with Crippen molar-refractivity contribution in [3.8, 4) is 22.1 Å². The Balaban J connectivity index is 1.93. The van der Waals surface area contributed by atoms with Gasteiger partial charge in [0.15, 0.2) is 17.3 Å². The Labute approximate surface area is 208 Å². The number of nitrogens with zero attached hydrogens (tertiary/aromatic N) is 3. The van der Waals surface area contributed by atoms with Gasteiger partial charge in [-0.3, -0.25) is 14.2 Å². The smallest absolute Gasteiger partial charge is 0.274 e. The average Bonchev–Trinajstić information content (AvgIpc) is 3.43. The Morgan fingerprint density at radius 1 is 1.26 bits per heavy atom. The molecular formula is C24H29BN4O5S. The van der Waals surface area contributed by atoms with E-state index in [0.29, 0.717) is 35.8 Å². The molecule has 35 heavy (non-hydrogen) atoms. The van der Waals surface area contributed by atoms with E-state index in [1.165, 1.54) is 18.4 Å². The normalized spacial score (nSPS) is 13.1. The molecule has 2 amide bonds. The van der Waals surface area contributed by atoms with Crippen molar-refractivity contribution in [3.63, 3.8) is 0 Å². The fraction of sp³-hybridized carbons (Fsp3) is 0.375. The van der Waals surface area contributed by atoms with Gasteiger partial charge in [0.2, 0.25) is 7.85 Å². The Morgan fingerprint density at radius 3 is 2.54 bits per heavy atom. The number of nitrogens with one attached hydrogen (secondary N) is 1. The lowest BCUT2D eigenvalue weighted by molar-refractivity contribution is -0.102. The van der Waals surface area contributed by atoms with Crippen molar-refractivity contribution in [3.05, 3.63) is 52.2 Å². The van der Waals surface area contributed by atoms with Crippen molar-refractivity contribution in [2.75, 3.05) is 14.2 Å². The third-order valence-corrected chi connectivity index (χ3v) is 6.96. The van der Waals surface area contributed by atoms with Gasteiger partial charge >= 0.3 is 0 Å². The molecule has 0 fully saturated rings. The number of carbonyl (C=O) groups excluding carboxylic acids is 2. The van der Waals surface area contributed by atoms with Crippen LogP contribution in [-0.4, -0.2) is 69.8 Å². The number of carbonyl (C=O) groups is 2. The van der Waals surface area contributed by atoms with Gasteiger partial charge < -0.3 is 25.2 Å². The molecule has 0 unspecified atom stereocenters. The molecule has 3 heterocycles. The van der Waals surface area contributed by atoms with Crippen molar-refractivity contribution >= 4 is 31.0 Å². The monoisotopic (exact) mass is 496 g/mol. The zero-order valence-electron chi connectivity index (χ0n) is 20.7. The summed E-state index contributed by atoms with van der Waals surface area (Å²) >= 11 is 1.51. The standard InChI is InChI=1S/C24H29BN4O5S/c1-23(2,3)28(4)22(31)19-15-9-8-13-11-17(34-5)14(21(30)27-24(25,32)33)12-16(13)29(15)20(26-19)18-7-6-10-35-18/h6-7,10-12,32-33H,8-9,25H2,1-5H3,(H,27,30). The zero-order valence-corrected chi connectivity index (χ0v) is 21.5. The summed E-state index contributed by atoms with van der Waals surface area (Å²) in [7, 11) is 4.28. The highest BCUT2D eigenvalue weighted by Crippen LogP contribution is 2.38.